The lowest BCUT2D eigenvalue weighted by Crippen LogP contribution is -2.42. The summed E-state index contributed by atoms with van der Waals surface area (Å²) in [6.07, 6.45) is 6.01. The smallest absolute Gasteiger partial charge is 0.242 e. The van der Waals surface area contributed by atoms with Gasteiger partial charge in [0.1, 0.15) is 0 Å². The molecular formula is C21H24N2O3S. The van der Waals surface area contributed by atoms with Crippen LogP contribution in [-0.2, 0) is 34.1 Å². The maximum atomic E-state index is 12.7. The predicted octanol–water partition coefficient (Wildman–Crippen LogP) is 2.82. The molecule has 2 aromatic carbocycles. The molecule has 0 atom stereocenters. The zero-order chi connectivity index (χ0) is 18.9. The van der Waals surface area contributed by atoms with Crippen LogP contribution >= 0.6 is 0 Å². The van der Waals surface area contributed by atoms with Crippen LogP contribution in [-0.4, -0.2) is 27.4 Å². The van der Waals surface area contributed by atoms with Gasteiger partial charge in [0.15, 0.2) is 0 Å². The fourth-order valence-corrected chi connectivity index (χ4v) is 5.03. The fourth-order valence-electron chi connectivity index (χ4n) is 4.01. The minimum Gasteiger partial charge on any atom is -0.311 e. The van der Waals surface area contributed by atoms with Crippen molar-refractivity contribution in [2.45, 2.75) is 43.4 Å². The Morgan fingerprint density at radius 3 is 2.52 bits per heavy atom. The maximum Gasteiger partial charge on any atom is 0.242 e. The Hall–Kier alpha value is -2.18. The Morgan fingerprint density at radius 1 is 0.926 bits per heavy atom. The second-order valence-corrected chi connectivity index (χ2v) is 9.01. The van der Waals surface area contributed by atoms with Crippen molar-refractivity contribution in [2.75, 3.05) is 18.0 Å². The molecule has 2 aromatic rings. The fraction of sp³-hybridized carbons (Fsp3) is 0.381. The van der Waals surface area contributed by atoms with E-state index in [2.05, 4.69) is 4.72 Å². The average Bonchev–Trinajstić information content (AvgIpc) is 2.71. The molecule has 0 radical (unpaired) electrons. The van der Waals surface area contributed by atoms with Crippen molar-refractivity contribution in [3.05, 3.63) is 59.2 Å². The predicted molar refractivity (Wildman–Crippen MR) is 105 cm³/mol. The molecule has 0 spiro atoms. The summed E-state index contributed by atoms with van der Waals surface area (Å²) in [7, 11) is -3.70. The lowest BCUT2D eigenvalue weighted by atomic mass is 9.92. The number of nitrogens with zero attached hydrogens (tertiary/aromatic N) is 1. The second kappa shape index (κ2) is 7.44. The lowest BCUT2D eigenvalue weighted by molar-refractivity contribution is -0.117. The monoisotopic (exact) mass is 384 g/mol. The van der Waals surface area contributed by atoms with Crippen molar-refractivity contribution in [1.29, 1.82) is 0 Å². The van der Waals surface area contributed by atoms with Crippen LogP contribution in [0.15, 0.2) is 47.4 Å². The minimum atomic E-state index is -3.70. The summed E-state index contributed by atoms with van der Waals surface area (Å²) in [6, 6.07) is 13.1. The zero-order valence-corrected chi connectivity index (χ0v) is 16.1. The first-order valence-corrected chi connectivity index (χ1v) is 11.0. The summed E-state index contributed by atoms with van der Waals surface area (Å²) in [4.78, 5) is 14.6. The van der Waals surface area contributed by atoms with Crippen LogP contribution in [0, 0.1) is 0 Å². The molecule has 27 heavy (non-hydrogen) atoms. The molecule has 0 fully saturated rings. The summed E-state index contributed by atoms with van der Waals surface area (Å²) in [5, 5.41) is 0. The quantitative estimate of drug-likeness (QED) is 0.881. The Morgan fingerprint density at radius 2 is 1.67 bits per heavy atom. The Bertz CT molecular complexity index is 969. The minimum absolute atomic E-state index is 0.219. The van der Waals surface area contributed by atoms with Gasteiger partial charge in [0.2, 0.25) is 15.9 Å². The van der Waals surface area contributed by atoms with E-state index in [0.717, 1.165) is 55.3 Å². The summed E-state index contributed by atoms with van der Waals surface area (Å²) in [5.74, 6) is -0.219. The van der Waals surface area contributed by atoms with Gasteiger partial charge in [-0.1, -0.05) is 24.3 Å². The lowest BCUT2D eigenvalue weighted by Gasteiger charge is -2.29. The molecule has 1 aliphatic heterocycles. The summed E-state index contributed by atoms with van der Waals surface area (Å²) in [5.41, 5.74) is 4.37. The van der Waals surface area contributed by atoms with Crippen LogP contribution in [0.1, 0.15) is 36.0 Å². The van der Waals surface area contributed by atoms with Crippen molar-refractivity contribution in [3.8, 4) is 0 Å². The summed E-state index contributed by atoms with van der Waals surface area (Å²) >= 11 is 0. The number of carbonyl (C=O) groups is 1. The van der Waals surface area contributed by atoms with Crippen molar-refractivity contribution >= 4 is 21.6 Å². The molecule has 4 rings (SSSR count). The van der Waals surface area contributed by atoms with E-state index in [1.165, 1.54) is 5.56 Å². The maximum absolute atomic E-state index is 12.7. The van der Waals surface area contributed by atoms with E-state index in [-0.39, 0.29) is 17.3 Å². The van der Waals surface area contributed by atoms with E-state index >= 15 is 0 Å². The third kappa shape index (κ3) is 3.77. The molecule has 1 amide bonds. The van der Waals surface area contributed by atoms with Gasteiger partial charge in [-0.2, -0.15) is 0 Å². The number of rotatable bonds is 4. The number of amides is 1. The number of aryl methyl sites for hydroxylation is 3. The number of sulfonamides is 1. The Labute approximate surface area is 160 Å². The van der Waals surface area contributed by atoms with Crippen molar-refractivity contribution < 1.29 is 13.2 Å². The molecule has 0 saturated heterocycles. The molecule has 1 N–H and O–H groups in total. The van der Waals surface area contributed by atoms with Crippen LogP contribution < -0.4 is 9.62 Å². The molecule has 0 aromatic heterocycles. The van der Waals surface area contributed by atoms with Gasteiger partial charge in [-0.3, -0.25) is 4.79 Å². The van der Waals surface area contributed by atoms with Gasteiger partial charge in [0, 0.05) is 12.2 Å². The first-order chi connectivity index (χ1) is 13.0. The topological polar surface area (TPSA) is 66.5 Å². The first kappa shape index (κ1) is 18.2. The molecule has 0 unspecified atom stereocenters. The van der Waals surface area contributed by atoms with Gasteiger partial charge in [0.05, 0.1) is 11.4 Å². The van der Waals surface area contributed by atoms with Gasteiger partial charge in [-0.25, -0.2) is 13.1 Å². The number of hydrogen-bond acceptors (Lipinski definition) is 3. The number of anilines is 1. The highest BCUT2D eigenvalue weighted by Gasteiger charge is 2.24. The van der Waals surface area contributed by atoms with E-state index in [4.69, 9.17) is 0 Å². The normalized spacial score (nSPS) is 16.5. The summed E-state index contributed by atoms with van der Waals surface area (Å²) < 4.78 is 27.8. The van der Waals surface area contributed by atoms with E-state index in [1.54, 1.807) is 17.0 Å². The highest BCUT2D eigenvalue weighted by Crippen LogP contribution is 2.27. The van der Waals surface area contributed by atoms with E-state index in [0.29, 0.717) is 6.54 Å². The van der Waals surface area contributed by atoms with E-state index in [1.807, 2.05) is 30.3 Å². The molecule has 0 bridgehead atoms. The van der Waals surface area contributed by atoms with Gasteiger partial charge >= 0.3 is 0 Å². The average molecular weight is 385 g/mol. The third-order valence-corrected chi connectivity index (χ3v) is 6.85. The number of para-hydroxylation sites is 1. The van der Waals surface area contributed by atoms with Crippen molar-refractivity contribution in [3.63, 3.8) is 0 Å². The van der Waals surface area contributed by atoms with Crippen molar-refractivity contribution in [1.82, 2.24) is 4.72 Å². The Balaban J connectivity index is 1.47. The molecule has 2 aliphatic rings. The van der Waals surface area contributed by atoms with Gasteiger partial charge in [-0.15, -0.1) is 0 Å². The highest BCUT2D eigenvalue weighted by molar-refractivity contribution is 7.89. The van der Waals surface area contributed by atoms with Crippen LogP contribution in [0.5, 0.6) is 0 Å². The van der Waals surface area contributed by atoms with Gasteiger partial charge < -0.3 is 4.90 Å². The van der Waals surface area contributed by atoms with E-state index in [9.17, 15) is 13.2 Å². The van der Waals surface area contributed by atoms with Crippen LogP contribution in [0.2, 0.25) is 0 Å². The van der Waals surface area contributed by atoms with Crippen LogP contribution in [0.25, 0.3) is 0 Å². The second-order valence-electron chi connectivity index (χ2n) is 7.24. The van der Waals surface area contributed by atoms with Gasteiger partial charge in [-0.05, 0) is 73.4 Å². The molecule has 1 heterocycles. The van der Waals surface area contributed by atoms with Crippen LogP contribution in [0.3, 0.4) is 0 Å². The molecule has 5 nitrogen and oxygen atoms in total. The number of benzene rings is 2. The molecular weight excluding hydrogens is 360 g/mol. The molecule has 1 aliphatic carbocycles. The highest BCUT2D eigenvalue weighted by atomic mass is 32.2. The SMILES string of the molecule is O=C(CNS(=O)(=O)c1ccc2c(c1)CCCC2)N1CCCc2ccccc21. The first-order valence-electron chi connectivity index (χ1n) is 9.54. The number of hydrogen-bond donors (Lipinski definition) is 1. The number of nitrogens with one attached hydrogen (secondary N) is 1. The molecule has 142 valence electrons. The number of carbonyl (C=O) groups excluding carboxylic acids is 1. The van der Waals surface area contributed by atoms with Crippen molar-refractivity contribution in [2.24, 2.45) is 0 Å². The van der Waals surface area contributed by atoms with E-state index < -0.39 is 10.0 Å². The molecule has 0 saturated carbocycles. The standard InChI is InChI=1S/C21H24N2O3S/c24-21(23-13-5-9-17-7-3-4-10-20(17)23)15-22-27(25,26)19-12-11-16-6-1-2-8-18(16)14-19/h3-4,7,10-12,14,22H,1-2,5-6,8-9,13,15H2. The zero-order valence-electron chi connectivity index (χ0n) is 15.3. The summed E-state index contributed by atoms with van der Waals surface area (Å²) in [6.45, 7) is 0.393. The third-order valence-electron chi connectivity index (χ3n) is 5.45. The Kier molecular flexibility index (Phi) is 5.02. The number of fused-ring (bicyclic) bond motifs is 2. The van der Waals surface area contributed by atoms with Gasteiger partial charge in [0.25, 0.3) is 0 Å². The molecule has 6 heteroatoms. The largest absolute Gasteiger partial charge is 0.311 e. The van der Waals surface area contributed by atoms with Crippen LogP contribution in [0.4, 0.5) is 5.69 Å².